The number of H-pyrrole nitrogens is 1. The lowest BCUT2D eigenvalue weighted by Crippen LogP contribution is -2.41. The van der Waals surface area contributed by atoms with Crippen molar-refractivity contribution in [2.45, 2.75) is 50.3 Å². The van der Waals surface area contributed by atoms with Gasteiger partial charge in [-0.1, -0.05) is 31.6 Å². The van der Waals surface area contributed by atoms with Crippen molar-refractivity contribution in [2.75, 3.05) is 13.1 Å². The number of thiazole rings is 1. The van der Waals surface area contributed by atoms with E-state index in [9.17, 15) is 13.2 Å². The van der Waals surface area contributed by atoms with Gasteiger partial charge in [0.1, 0.15) is 0 Å². The minimum absolute atomic E-state index is 0.0775. The Morgan fingerprint density at radius 1 is 1.38 bits per heavy atom. The Balaban J connectivity index is 1.86. The molecular weight excluding hydrogens is 310 g/mol. The van der Waals surface area contributed by atoms with Crippen LogP contribution in [0.3, 0.4) is 0 Å². The summed E-state index contributed by atoms with van der Waals surface area (Å²) in [4.78, 5) is 13.3. The van der Waals surface area contributed by atoms with Crippen molar-refractivity contribution in [1.82, 2.24) is 15.0 Å². The first-order valence-corrected chi connectivity index (χ1v) is 9.45. The molecular formula is C13H23N3O3S2. The zero-order valence-electron chi connectivity index (χ0n) is 12.7. The molecule has 1 aromatic rings. The molecule has 1 heterocycles. The number of aryl methyl sites for hydroxylation is 1. The molecule has 120 valence electrons. The van der Waals surface area contributed by atoms with Crippen molar-refractivity contribution in [2.24, 2.45) is 5.41 Å². The van der Waals surface area contributed by atoms with Gasteiger partial charge >= 0.3 is 4.87 Å². The van der Waals surface area contributed by atoms with Crippen LogP contribution in [-0.4, -0.2) is 32.5 Å². The van der Waals surface area contributed by atoms with Crippen molar-refractivity contribution in [3.05, 3.63) is 15.4 Å². The van der Waals surface area contributed by atoms with Crippen LogP contribution in [0.15, 0.2) is 9.00 Å². The van der Waals surface area contributed by atoms with Crippen LogP contribution < -0.4 is 14.9 Å². The Morgan fingerprint density at radius 3 is 2.62 bits per heavy atom. The van der Waals surface area contributed by atoms with E-state index in [1.807, 2.05) is 0 Å². The smallest absolute Gasteiger partial charge is 0.305 e. The Morgan fingerprint density at radius 2 is 2.10 bits per heavy atom. The summed E-state index contributed by atoms with van der Waals surface area (Å²) >= 11 is 0.722. The largest absolute Gasteiger partial charge is 0.315 e. The van der Waals surface area contributed by atoms with Gasteiger partial charge in [0.25, 0.3) is 10.0 Å². The van der Waals surface area contributed by atoms with Crippen molar-refractivity contribution in [1.29, 1.82) is 0 Å². The fourth-order valence-corrected chi connectivity index (χ4v) is 5.22. The highest BCUT2D eigenvalue weighted by Crippen LogP contribution is 2.36. The standard InChI is InChI=1S/C13H23N3O3S2/c1-9-11(20-12(17)16-9)21(18,19)15-8-7-14-10-5-4-6-13(10,2)3/h10,14-15H,4-8H2,1-3H3,(H,16,17). The minimum atomic E-state index is -3.60. The molecule has 1 fully saturated rings. The summed E-state index contributed by atoms with van der Waals surface area (Å²) in [5.74, 6) is 0. The van der Waals surface area contributed by atoms with Crippen LogP contribution in [0.25, 0.3) is 0 Å². The number of hydrogen-bond donors (Lipinski definition) is 3. The highest BCUT2D eigenvalue weighted by molar-refractivity contribution is 7.91. The van der Waals surface area contributed by atoms with Gasteiger partial charge in [-0.25, -0.2) is 13.1 Å². The second-order valence-electron chi connectivity index (χ2n) is 6.21. The molecule has 3 N–H and O–H groups in total. The predicted molar refractivity (Wildman–Crippen MR) is 84.3 cm³/mol. The van der Waals surface area contributed by atoms with Gasteiger partial charge in [-0.05, 0) is 25.2 Å². The molecule has 1 aliphatic rings. The van der Waals surface area contributed by atoms with Crippen molar-refractivity contribution in [3.8, 4) is 0 Å². The fourth-order valence-electron chi connectivity index (χ4n) is 2.85. The molecule has 8 heteroatoms. The zero-order chi connectivity index (χ0) is 15.7. The predicted octanol–water partition coefficient (Wildman–Crippen LogP) is 1.19. The second kappa shape index (κ2) is 6.20. The van der Waals surface area contributed by atoms with Gasteiger partial charge in [-0.3, -0.25) is 4.79 Å². The molecule has 0 amide bonds. The van der Waals surface area contributed by atoms with E-state index in [4.69, 9.17) is 0 Å². The summed E-state index contributed by atoms with van der Waals surface area (Å²) in [6, 6.07) is 0.437. The fraction of sp³-hybridized carbons (Fsp3) is 0.769. The maximum atomic E-state index is 12.1. The van der Waals surface area contributed by atoms with Gasteiger partial charge in [0.2, 0.25) is 0 Å². The van der Waals surface area contributed by atoms with Gasteiger partial charge in [-0.2, -0.15) is 0 Å². The monoisotopic (exact) mass is 333 g/mol. The average Bonchev–Trinajstić information content (AvgIpc) is 2.87. The first-order valence-electron chi connectivity index (χ1n) is 7.15. The number of sulfonamides is 1. The molecule has 2 rings (SSSR count). The summed E-state index contributed by atoms with van der Waals surface area (Å²) < 4.78 is 26.8. The number of hydrogen-bond acceptors (Lipinski definition) is 5. The zero-order valence-corrected chi connectivity index (χ0v) is 14.3. The van der Waals surface area contributed by atoms with E-state index in [1.54, 1.807) is 6.92 Å². The summed E-state index contributed by atoms with van der Waals surface area (Å²) in [5.41, 5.74) is 0.665. The van der Waals surface area contributed by atoms with Gasteiger partial charge in [0.05, 0.1) is 0 Å². The average molecular weight is 333 g/mol. The van der Waals surface area contributed by atoms with Crippen LogP contribution in [-0.2, 0) is 10.0 Å². The van der Waals surface area contributed by atoms with Gasteiger partial charge < -0.3 is 10.3 Å². The van der Waals surface area contributed by atoms with E-state index >= 15 is 0 Å². The molecule has 1 unspecified atom stereocenters. The SMILES string of the molecule is Cc1[nH]c(=O)sc1S(=O)(=O)NCCNC1CCCC1(C)C. The number of aromatic amines is 1. The third kappa shape index (κ3) is 3.94. The molecule has 0 aromatic carbocycles. The lowest BCUT2D eigenvalue weighted by atomic mass is 9.87. The number of aromatic nitrogens is 1. The Bertz CT molecular complexity index is 646. The third-order valence-corrected chi connectivity index (χ3v) is 7.16. The molecule has 0 spiro atoms. The Labute approximate surface area is 129 Å². The van der Waals surface area contributed by atoms with Gasteiger partial charge in [0, 0.05) is 24.8 Å². The summed E-state index contributed by atoms with van der Waals surface area (Å²) in [6.45, 7) is 6.98. The molecule has 21 heavy (non-hydrogen) atoms. The highest BCUT2D eigenvalue weighted by Gasteiger charge is 2.33. The quantitative estimate of drug-likeness (QED) is 0.682. The van der Waals surface area contributed by atoms with E-state index in [0.717, 1.165) is 17.8 Å². The number of nitrogens with one attached hydrogen (secondary N) is 3. The molecule has 0 saturated heterocycles. The molecule has 1 aromatic heterocycles. The summed E-state index contributed by atoms with van der Waals surface area (Å²) in [6.07, 6.45) is 3.55. The van der Waals surface area contributed by atoms with Crippen molar-refractivity contribution >= 4 is 21.4 Å². The van der Waals surface area contributed by atoms with Gasteiger partial charge in [-0.15, -0.1) is 0 Å². The Hall–Kier alpha value is -0.700. The van der Waals surface area contributed by atoms with Crippen LogP contribution in [0.2, 0.25) is 0 Å². The van der Waals surface area contributed by atoms with E-state index in [-0.39, 0.29) is 14.5 Å². The minimum Gasteiger partial charge on any atom is -0.315 e. The van der Waals surface area contributed by atoms with Crippen LogP contribution in [0.4, 0.5) is 0 Å². The highest BCUT2D eigenvalue weighted by atomic mass is 32.2. The number of rotatable bonds is 6. The maximum Gasteiger partial charge on any atom is 0.305 e. The topological polar surface area (TPSA) is 91.1 Å². The molecule has 6 nitrogen and oxygen atoms in total. The van der Waals surface area contributed by atoms with E-state index in [0.29, 0.717) is 24.8 Å². The second-order valence-corrected chi connectivity index (χ2v) is 9.16. The first-order chi connectivity index (χ1) is 9.72. The molecule has 0 radical (unpaired) electrons. The molecule has 1 atom stereocenters. The first kappa shape index (κ1) is 16.7. The molecule has 1 saturated carbocycles. The maximum absolute atomic E-state index is 12.1. The van der Waals surface area contributed by atoms with Crippen molar-refractivity contribution in [3.63, 3.8) is 0 Å². The van der Waals surface area contributed by atoms with Crippen LogP contribution >= 0.6 is 11.3 Å². The van der Waals surface area contributed by atoms with E-state index in [1.165, 1.54) is 12.8 Å². The Kier molecular flexibility index (Phi) is 4.92. The van der Waals surface area contributed by atoms with Crippen molar-refractivity contribution < 1.29 is 8.42 Å². The van der Waals surface area contributed by atoms with Crippen LogP contribution in [0, 0.1) is 12.3 Å². The summed E-state index contributed by atoms with van der Waals surface area (Å²) in [7, 11) is -3.60. The van der Waals surface area contributed by atoms with Crippen LogP contribution in [0.1, 0.15) is 38.8 Å². The van der Waals surface area contributed by atoms with E-state index in [2.05, 4.69) is 28.9 Å². The lowest BCUT2D eigenvalue weighted by Gasteiger charge is -2.28. The lowest BCUT2D eigenvalue weighted by molar-refractivity contribution is 0.285. The molecule has 1 aliphatic carbocycles. The van der Waals surface area contributed by atoms with Gasteiger partial charge in [0.15, 0.2) is 4.21 Å². The normalized spacial score (nSPS) is 21.8. The third-order valence-electron chi connectivity index (χ3n) is 4.09. The summed E-state index contributed by atoms with van der Waals surface area (Å²) in [5, 5.41) is 3.42. The van der Waals surface area contributed by atoms with Crippen LogP contribution in [0.5, 0.6) is 0 Å². The molecule has 0 bridgehead atoms. The van der Waals surface area contributed by atoms with E-state index < -0.39 is 10.0 Å². The molecule has 0 aliphatic heterocycles.